The van der Waals surface area contributed by atoms with Crippen LogP contribution in [0.4, 0.5) is 0 Å². The van der Waals surface area contributed by atoms with Crippen molar-refractivity contribution in [3.05, 3.63) is 0 Å². The Balaban J connectivity index is 2.32. The minimum atomic E-state index is -0.150. The second-order valence-electron chi connectivity index (χ2n) is 4.86. The molecule has 3 nitrogen and oxygen atoms in total. The maximum absolute atomic E-state index is 9.44. The fourth-order valence-corrected chi connectivity index (χ4v) is 3.19. The zero-order chi connectivity index (χ0) is 12.0. The topological polar surface area (TPSA) is 41.5 Å². The Morgan fingerprint density at radius 3 is 2.81 bits per heavy atom. The number of nitrogens with one attached hydrogen (secondary N) is 1. The predicted octanol–water partition coefficient (Wildman–Crippen LogP) is 1.65. The van der Waals surface area contributed by atoms with Gasteiger partial charge in [-0.1, -0.05) is 6.92 Å². The lowest BCUT2D eigenvalue weighted by Gasteiger charge is -2.30. The normalized spacial score (nSPS) is 29.2. The van der Waals surface area contributed by atoms with E-state index in [1.807, 2.05) is 11.8 Å². The van der Waals surface area contributed by atoms with E-state index in [0.717, 1.165) is 31.7 Å². The molecular weight excluding hydrogens is 222 g/mol. The van der Waals surface area contributed by atoms with E-state index in [0.29, 0.717) is 11.4 Å². The van der Waals surface area contributed by atoms with E-state index >= 15 is 0 Å². The molecule has 2 N–H and O–H groups in total. The second kappa shape index (κ2) is 6.84. The molecule has 0 amide bonds. The van der Waals surface area contributed by atoms with Crippen molar-refractivity contribution >= 4 is 11.8 Å². The first kappa shape index (κ1) is 14.3. The standard InChI is InChI=1S/C12H25NO2S/c1-4-6-13-12(3,8-14)9-16-11-5-7-15-10(11)2/h10-11,13-14H,4-9H2,1-3H3. The van der Waals surface area contributed by atoms with Crippen LogP contribution in [0.1, 0.15) is 33.6 Å². The van der Waals surface area contributed by atoms with Gasteiger partial charge in [0.25, 0.3) is 0 Å². The fourth-order valence-electron chi connectivity index (χ4n) is 1.80. The largest absolute Gasteiger partial charge is 0.394 e. The molecule has 0 spiro atoms. The maximum Gasteiger partial charge on any atom is 0.0666 e. The number of hydrogen-bond donors (Lipinski definition) is 2. The van der Waals surface area contributed by atoms with Gasteiger partial charge in [-0.15, -0.1) is 0 Å². The molecule has 1 saturated heterocycles. The molecule has 0 radical (unpaired) electrons. The lowest BCUT2D eigenvalue weighted by molar-refractivity contribution is 0.127. The maximum atomic E-state index is 9.44. The summed E-state index contributed by atoms with van der Waals surface area (Å²) >= 11 is 1.93. The molecule has 1 rings (SSSR count). The first-order valence-corrected chi connectivity index (χ1v) is 7.25. The highest BCUT2D eigenvalue weighted by Gasteiger charge is 2.29. The number of hydrogen-bond acceptors (Lipinski definition) is 4. The monoisotopic (exact) mass is 247 g/mol. The Hall–Kier alpha value is 0.230. The van der Waals surface area contributed by atoms with Crippen molar-refractivity contribution in [3.8, 4) is 0 Å². The molecule has 1 heterocycles. The van der Waals surface area contributed by atoms with Gasteiger partial charge in [0.1, 0.15) is 0 Å². The Labute approximate surface area is 103 Å². The van der Waals surface area contributed by atoms with Gasteiger partial charge < -0.3 is 15.2 Å². The lowest BCUT2D eigenvalue weighted by atomic mass is 10.1. The molecule has 0 aromatic heterocycles. The molecule has 1 aliphatic rings. The van der Waals surface area contributed by atoms with Crippen LogP contribution in [0.3, 0.4) is 0 Å². The first-order valence-electron chi connectivity index (χ1n) is 6.20. The molecule has 3 unspecified atom stereocenters. The van der Waals surface area contributed by atoms with Gasteiger partial charge in [0.05, 0.1) is 12.7 Å². The number of thioether (sulfide) groups is 1. The zero-order valence-electron chi connectivity index (χ0n) is 10.7. The highest BCUT2D eigenvalue weighted by atomic mass is 32.2. The zero-order valence-corrected chi connectivity index (χ0v) is 11.5. The molecule has 0 aromatic carbocycles. The molecule has 0 aliphatic carbocycles. The van der Waals surface area contributed by atoms with Gasteiger partial charge in [-0.3, -0.25) is 0 Å². The molecule has 1 fully saturated rings. The van der Waals surface area contributed by atoms with Crippen molar-refractivity contribution in [1.82, 2.24) is 5.32 Å². The Morgan fingerprint density at radius 2 is 2.31 bits per heavy atom. The highest BCUT2D eigenvalue weighted by Crippen LogP contribution is 2.28. The molecule has 3 atom stereocenters. The molecular formula is C12H25NO2S. The third kappa shape index (κ3) is 4.24. The number of rotatable bonds is 7. The minimum Gasteiger partial charge on any atom is -0.394 e. The van der Waals surface area contributed by atoms with Crippen LogP contribution < -0.4 is 5.32 Å². The van der Waals surface area contributed by atoms with Gasteiger partial charge >= 0.3 is 0 Å². The van der Waals surface area contributed by atoms with Crippen molar-refractivity contribution in [2.75, 3.05) is 25.5 Å². The van der Waals surface area contributed by atoms with E-state index in [2.05, 4.69) is 26.1 Å². The average molecular weight is 247 g/mol. The smallest absolute Gasteiger partial charge is 0.0666 e. The van der Waals surface area contributed by atoms with E-state index in [9.17, 15) is 5.11 Å². The van der Waals surface area contributed by atoms with Crippen LogP contribution in [-0.4, -0.2) is 47.5 Å². The van der Waals surface area contributed by atoms with Crippen molar-refractivity contribution in [2.24, 2.45) is 0 Å². The van der Waals surface area contributed by atoms with Crippen molar-refractivity contribution in [2.45, 2.75) is 50.5 Å². The Morgan fingerprint density at radius 1 is 1.56 bits per heavy atom. The third-order valence-corrected chi connectivity index (χ3v) is 4.92. The molecule has 1 aliphatic heterocycles. The summed E-state index contributed by atoms with van der Waals surface area (Å²) in [7, 11) is 0. The van der Waals surface area contributed by atoms with Gasteiger partial charge in [0.15, 0.2) is 0 Å². The molecule has 0 bridgehead atoms. The van der Waals surface area contributed by atoms with Crippen LogP contribution in [-0.2, 0) is 4.74 Å². The summed E-state index contributed by atoms with van der Waals surface area (Å²) in [6.07, 6.45) is 2.60. The van der Waals surface area contributed by atoms with Crippen molar-refractivity contribution in [1.29, 1.82) is 0 Å². The van der Waals surface area contributed by atoms with Gasteiger partial charge in [0.2, 0.25) is 0 Å². The average Bonchev–Trinajstić information content (AvgIpc) is 2.70. The van der Waals surface area contributed by atoms with E-state index in [1.165, 1.54) is 0 Å². The number of aliphatic hydroxyl groups is 1. The van der Waals surface area contributed by atoms with Gasteiger partial charge in [-0.25, -0.2) is 0 Å². The van der Waals surface area contributed by atoms with Crippen LogP contribution in [0.2, 0.25) is 0 Å². The summed E-state index contributed by atoms with van der Waals surface area (Å²) in [4.78, 5) is 0. The summed E-state index contributed by atoms with van der Waals surface area (Å²) in [5.74, 6) is 0.946. The summed E-state index contributed by atoms with van der Waals surface area (Å²) in [6, 6.07) is 0. The number of aliphatic hydroxyl groups excluding tert-OH is 1. The fraction of sp³-hybridized carbons (Fsp3) is 1.00. The predicted molar refractivity (Wildman–Crippen MR) is 70.1 cm³/mol. The minimum absolute atomic E-state index is 0.150. The van der Waals surface area contributed by atoms with E-state index < -0.39 is 0 Å². The summed E-state index contributed by atoms with van der Waals surface area (Å²) < 4.78 is 5.54. The Kier molecular flexibility index (Phi) is 6.11. The third-order valence-electron chi connectivity index (χ3n) is 3.07. The van der Waals surface area contributed by atoms with E-state index in [4.69, 9.17) is 4.74 Å². The van der Waals surface area contributed by atoms with Crippen LogP contribution in [0.5, 0.6) is 0 Å². The quantitative estimate of drug-likeness (QED) is 0.718. The van der Waals surface area contributed by atoms with E-state index in [-0.39, 0.29) is 12.1 Å². The lowest BCUT2D eigenvalue weighted by Crippen LogP contribution is -2.48. The highest BCUT2D eigenvalue weighted by molar-refractivity contribution is 8.00. The SMILES string of the molecule is CCCNC(C)(CO)CSC1CCOC1C. The summed E-state index contributed by atoms with van der Waals surface area (Å²) in [5.41, 5.74) is -0.150. The van der Waals surface area contributed by atoms with Gasteiger partial charge in [-0.2, -0.15) is 11.8 Å². The summed E-state index contributed by atoms with van der Waals surface area (Å²) in [5, 5.41) is 13.5. The van der Waals surface area contributed by atoms with Gasteiger partial charge in [0, 0.05) is 23.1 Å². The molecule has 96 valence electrons. The van der Waals surface area contributed by atoms with Crippen LogP contribution in [0.25, 0.3) is 0 Å². The van der Waals surface area contributed by atoms with E-state index in [1.54, 1.807) is 0 Å². The van der Waals surface area contributed by atoms with Crippen LogP contribution in [0.15, 0.2) is 0 Å². The second-order valence-corrected chi connectivity index (χ2v) is 6.09. The number of ether oxygens (including phenoxy) is 1. The van der Waals surface area contributed by atoms with Crippen molar-refractivity contribution in [3.63, 3.8) is 0 Å². The molecule has 4 heteroatoms. The first-order chi connectivity index (χ1) is 7.61. The van der Waals surface area contributed by atoms with Gasteiger partial charge in [-0.05, 0) is 33.2 Å². The van der Waals surface area contributed by atoms with Crippen LogP contribution in [0, 0.1) is 0 Å². The van der Waals surface area contributed by atoms with Crippen LogP contribution >= 0.6 is 11.8 Å². The van der Waals surface area contributed by atoms with Crippen molar-refractivity contribution < 1.29 is 9.84 Å². The molecule has 16 heavy (non-hydrogen) atoms. The summed E-state index contributed by atoms with van der Waals surface area (Å²) in [6.45, 7) is 8.43. The Bertz CT molecular complexity index is 203. The molecule has 0 saturated carbocycles. The molecule has 0 aromatic rings.